The molecule has 17 heavy (non-hydrogen) atoms. The van der Waals surface area contributed by atoms with Crippen molar-refractivity contribution < 1.29 is 14.7 Å². The van der Waals surface area contributed by atoms with Crippen LogP contribution in [0.25, 0.3) is 0 Å². The molecule has 1 aliphatic rings. The fourth-order valence-corrected chi connectivity index (χ4v) is 2.05. The Kier molecular flexibility index (Phi) is 5.37. The molecule has 1 rings (SSSR count). The van der Waals surface area contributed by atoms with E-state index in [9.17, 15) is 9.59 Å². The summed E-state index contributed by atoms with van der Waals surface area (Å²) in [6.45, 7) is 5.88. The van der Waals surface area contributed by atoms with Crippen molar-refractivity contribution in [3.63, 3.8) is 0 Å². The van der Waals surface area contributed by atoms with Gasteiger partial charge in [-0.05, 0) is 19.5 Å². The normalized spacial score (nSPS) is 20.8. The minimum absolute atomic E-state index is 0.294. The molecule has 0 spiro atoms. The molecule has 0 aliphatic carbocycles. The molecule has 6 nitrogen and oxygen atoms in total. The molecule has 0 aromatic heterocycles. The molecule has 0 aromatic rings. The SMILES string of the molecule is CC(CN1CCCN(CC(N)=O)CC1)C(=O)O. The van der Waals surface area contributed by atoms with Gasteiger partial charge in [-0.3, -0.25) is 14.5 Å². The van der Waals surface area contributed by atoms with Gasteiger partial charge >= 0.3 is 5.97 Å². The van der Waals surface area contributed by atoms with Crippen molar-refractivity contribution in [3.8, 4) is 0 Å². The van der Waals surface area contributed by atoms with Crippen LogP contribution in [-0.4, -0.2) is 66.1 Å². The average Bonchev–Trinajstić information content (AvgIpc) is 2.43. The summed E-state index contributed by atoms with van der Waals surface area (Å²) in [5.41, 5.74) is 5.16. The van der Waals surface area contributed by atoms with Gasteiger partial charge in [-0.2, -0.15) is 0 Å². The van der Waals surface area contributed by atoms with Gasteiger partial charge in [0.1, 0.15) is 0 Å². The van der Waals surface area contributed by atoms with Crippen LogP contribution < -0.4 is 5.73 Å². The summed E-state index contributed by atoms with van der Waals surface area (Å²) in [4.78, 5) is 25.7. The smallest absolute Gasteiger partial charge is 0.307 e. The predicted octanol–water partition coefficient (Wildman–Crippen LogP) is -0.800. The molecular weight excluding hydrogens is 222 g/mol. The van der Waals surface area contributed by atoms with Crippen LogP contribution in [0.3, 0.4) is 0 Å². The molecule has 1 aliphatic heterocycles. The van der Waals surface area contributed by atoms with Gasteiger partial charge in [0.05, 0.1) is 12.5 Å². The molecule has 0 aromatic carbocycles. The number of nitrogens with two attached hydrogens (primary N) is 1. The van der Waals surface area contributed by atoms with Crippen LogP contribution in [0.1, 0.15) is 13.3 Å². The van der Waals surface area contributed by atoms with Gasteiger partial charge in [0.2, 0.25) is 5.91 Å². The second-order valence-corrected chi connectivity index (χ2v) is 4.64. The van der Waals surface area contributed by atoms with E-state index in [2.05, 4.69) is 4.90 Å². The Morgan fingerprint density at radius 3 is 2.41 bits per heavy atom. The summed E-state index contributed by atoms with van der Waals surface area (Å²) in [7, 11) is 0. The number of carboxylic acids is 1. The maximum atomic E-state index is 10.8. The van der Waals surface area contributed by atoms with Gasteiger partial charge in [-0.1, -0.05) is 6.92 Å². The van der Waals surface area contributed by atoms with Crippen LogP contribution in [0.2, 0.25) is 0 Å². The second kappa shape index (κ2) is 6.56. The van der Waals surface area contributed by atoms with Crippen molar-refractivity contribution in [2.24, 2.45) is 11.7 Å². The number of primary amides is 1. The van der Waals surface area contributed by atoms with E-state index in [1.165, 1.54) is 0 Å². The van der Waals surface area contributed by atoms with E-state index < -0.39 is 5.97 Å². The van der Waals surface area contributed by atoms with Crippen molar-refractivity contribution in [1.82, 2.24) is 9.80 Å². The zero-order valence-electron chi connectivity index (χ0n) is 10.3. The van der Waals surface area contributed by atoms with Crippen LogP contribution in [0.5, 0.6) is 0 Å². The van der Waals surface area contributed by atoms with E-state index in [1.807, 2.05) is 4.90 Å². The number of aliphatic carboxylic acids is 1. The standard InChI is InChI=1S/C11H21N3O3/c1-9(11(16)17)7-13-3-2-4-14(6-5-13)8-10(12)15/h9H,2-8H2,1H3,(H2,12,15)(H,16,17). The Morgan fingerprint density at radius 2 is 1.82 bits per heavy atom. The predicted molar refractivity (Wildman–Crippen MR) is 63.5 cm³/mol. The highest BCUT2D eigenvalue weighted by Gasteiger charge is 2.20. The summed E-state index contributed by atoms with van der Waals surface area (Å²) in [5, 5.41) is 8.86. The van der Waals surface area contributed by atoms with Gasteiger partial charge < -0.3 is 15.7 Å². The molecule has 6 heteroatoms. The van der Waals surface area contributed by atoms with Crippen molar-refractivity contribution in [2.45, 2.75) is 13.3 Å². The summed E-state index contributed by atoms with van der Waals surface area (Å²) in [6, 6.07) is 0. The zero-order valence-corrected chi connectivity index (χ0v) is 10.3. The van der Waals surface area contributed by atoms with Gasteiger partial charge in [0, 0.05) is 19.6 Å². The number of nitrogens with zero attached hydrogens (tertiary/aromatic N) is 2. The van der Waals surface area contributed by atoms with Crippen LogP contribution in [0, 0.1) is 5.92 Å². The lowest BCUT2D eigenvalue weighted by Gasteiger charge is -2.22. The number of amides is 1. The number of hydrogen-bond donors (Lipinski definition) is 2. The first-order valence-electron chi connectivity index (χ1n) is 5.95. The molecule has 1 saturated heterocycles. The first-order chi connectivity index (χ1) is 7.99. The van der Waals surface area contributed by atoms with E-state index in [0.717, 1.165) is 32.6 Å². The number of carboxylic acid groups (broad SMARTS) is 1. The number of rotatable bonds is 5. The Bertz CT molecular complexity index is 283. The lowest BCUT2D eigenvalue weighted by molar-refractivity contribution is -0.141. The van der Waals surface area contributed by atoms with Crippen molar-refractivity contribution in [2.75, 3.05) is 39.3 Å². The Hall–Kier alpha value is -1.14. The van der Waals surface area contributed by atoms with Crippen molar-refractivity contribution in [3.05, 3.63) is 0 Å². The highest BCUT2D eigenvalue weighted by molar-refractivity contribution is 5.75. The van der Waals surface area contributed by atoms with E-state index in [0.29, 0.717) is 13.1 Å². The highest BCUT2D eigenvalue weighted by Crippen LogP contribution is 2.06. The largest absolute Gasteiger partial charge is 0.481 e. The van der Waals surface area contributed by atoms with E-state index in [-0.39, 0.29) is 11.8 Å². The van der Waals surface area contributed by atoms with Crippen LogP contribution >= 0.6 is 0 Å². The first-order valence-corrected chi connectivity index (χ1v) is 5.95. The summed E-state index contributed by atoms with van der Waals surface area (Å²) >= 11 is 0. The molecule has 0 radical (unpaired) electrons. The van der Waals surface area contributed by atoms with Gasteiger partial charge in [-0.25, -0.2) is 0 Å². The minimum atomic E-state index is -0.761. The molecular formula is C11H21N3O3. The number of hydrogen-bond acceptors (Lipinski definition) is 4. The van der Waals surface area contributed by atoms with Crippen LogP contribution in [0.15, 0.2) is 0 Å². The third kappa shape index (κ3) is 5.14. The van der Waals surface area contributed by atoms with Gasteiger partial charge in [-0.15, -0.1) is 0 Å². The Balaban J connectivity index is 2.37. The van der Waals surface area contributed by atoms with E-state index in [1.54, 1.807) is 6.92 Å². The third-order valence-electron chi connectivity index (χ3n) is 3.01. The lowest BCUT2D eigenvalue weighted by atomic mass is 10.1. The minimum Gasteiger partial charge on any atom is -0.481 e. The van der Waals surface area contributed by atoms with Gasteiger partial charge in [0.25, 0.3) is 0 Å². The maximum Gasteiger partial charge on any atom is 0.307 e. The monoisotopic (exact) mass is 243 g/mol. The average molecular weight is 243 g/mol. The summed E-state index contributed by atoms with van der Waals surface area (Å²) in [6.07, 6.45) is 0.944. The molecule has 98 valence electrons. The molecule has 3 N–H and O–H groups in total. The molecule has 0 bridgehead atoms. The van der Waals surface area contributed by atoms with Crippen LogP contribution in [-0.2, 0) is 9.59 Å². The first kappa shape index (κ1) is 13.9. The highest BCUT2D eigenvalue weighted by atomic mass is 16.4. The Morgan fingerprint density at radius 1 is 1.24 bits per heavy atom. The zero-order chi connectivity index (χ0) is 12.8. The molecule has 1 unspecified atom stereocenters. The Labute approximate surface area is 101 Å². The quantitative estimate of drug-likeness (QED) is 0.660. The molecule has 1 heterocycles. The number of carbonyl (C=O) groups excluding carboxylic acids is 1. The molecule has 1 atom stereocenters. The van der Waals surface area contributed by atoms with E-state index in [4.69, 9.17) is 10.8 Å². The second-order valence-electron chi connectivity index (χ2n) is 4.64. The topological polar surface area (TPSA) is 86.9 Å². The van der Waals surface area contributed by atoms with Crippen molar-refractivity contribution in [1.29, 1.82) is 0 Å². The van der Waals surface area contributed by atoms with Crippen LogP contribution in [0.4, 0.5) is 0 Å². The fourth-order valence-electron chi connectivity index (χ4n) is 2.05. The fraction of sp³-hybridized carbons (Fsp3) is 0.818. The summed E-state index contributed by atoms with van der Waals surface area (Å²) in [5.74, 6) is -1.42. The summed E-state index contributed by atoms with van der Waals surface area (Å²) < 4.78 is 0. The lowest BCUT2D eigenvalue weighted by Crippen LogP contribution is -2.38. The van der Waals surface area contributed by atoms with Crippen molar-refractivity contribution >= 4 is 11.9 Å². The third-order valence-corrected chi connectivity index (χ3v) is 3.01. The van der Waals surface area contributed by atoms with E-state index >= 15 is 0 Å². The maximum absolute atomic E-state index is 10.8. The molecule has 1 fully saturated rings. The molecule has 1 amide bonds. The number of carbonyl (C=O) groups is 2. The molecule has 0 saturated carbocycles. The van der Waals surface area contributed by atoms with Gasteiger partial charge in [0.15, 0.2) is 0 Å².